The van der Waals surface area contributed by atoms with E-state index in [1.165, 1.54) is 17.0 Å². The third-order valence-corrected chi connectivity index (χ3v) is 6.33. The molecule has 0 spiro atoms. The molecule has 2 aliphatic rings. The first-order valence-electron chi connectivity index (χ1n) is 12.0. The Balaban J connectivity index is 1.63. The van der Waals surface area contributed by atoms with E-state index >= 15 is 0 Å². The van der Waals surface area contributed by atoms with Crippen molar-refractivity contribution in [1.29, 1.82) is 0 Å². The number of halogens is 3. The van der Waals surface area contributed by atoms with Gasteiger partial charge in [0, 0.05) is 37.5 Å². The molecule has 0 bridgehead atoms. The van der Waals surface area contributed by atoms with Crippen LogP contribution in [0.15, 0.2) is 36.4 Å². The summed E-state index contributed by atoms with van der Waals surface area (Å²) in [5.74, 6) is 0.370. The topological polar surface area (TPSA) is 74.8 Å². The lowest BCUT2D eigenvalue weighted by molar-refractivity contribution is -0.137. The van der Waals surface area contributed by atoms with E-state index in [-0.39, 0.29) is 5.91 Å². The highest BCUT2D eigenvalue weighted by Crippen LogP contribution is 2.39. The van der Waals surface area contributed by atoms with Crippen molar-refractivity contribution in [3.8, 4) is 11.3 Å². The van der Waals surface area contributed by atoms with Gasteiger partial charge in [0.05, 0.1) is 11.3 Å². The molecule has 1 saturated carbocycles. The number of anilines is 2. The second-order valence-corrected chi connectivity index (χ2v) is 10.4. The molecular weight excluding hydrogens is 473 g/mol. The van der Waals surface area contributed by atoms with Gasteiger partial charge >= 0.3 is 12.3 Å². The maximum Gasteiger partial charge on any atom is 0.416 e. The number of nitrogens with one attached hydrogen (secondary N) is 1. The molecule has 2 aromatic rings. The zero-order valence-corrected chi connectivity index (χ0v) is 20.9. The first-order valence-corrected chi connectivity index (χ1v) is 12.0. The second kappa shape index (κ2) is 9.29. The monoisotopic (exact) mass is 504 g/mol. The maximum atomic E-state index is 13.5. The number of benzene rings is 1. The standard InChI is InChI=1S/C26H31F3N4O3/c1-24(2,3)36-23(35)31-25(11-12-25)22(34)32(4)19-15-20(30-21(16-19)33-13-5-6-14-33)17-7-9-18(10-8-17)26(27,28)29/h7-10,15-16H,5-6,11-14H2,1-4H3,(H,31,35). The predicted octanol–water partition coefficient (Wildman–Crippen LogP) is 5.39. The smallest absolute Gasteiger partial charge is 0.416 e. The molecule has 0 atom stereocenters. The number of hydrogen-bond acceptors (Lipinski definition) is 5. The highest BCUT2D eigenvalue weighted by atomic mass is 19.4. The van der Waals surface area contributed by atoms with Crippen LogP contribution in [0, 0.1) is 0 Å². The van der Waals surface area contributed by atoms with Crippen LogP contribution < -0.4 is 15.1 Å². The third kappa shape index (κ3) is 5.74. The molecule has 1 aliphatic heterocycles. The Hall–Kier alpha value is -3.30. The molecule has 4 rings (SSSR count). The largest absolute Gasteiger partial charge is 0.444 e. The van der Waals surface area contributed by atoms with E-state index in [4.69, 9.17) is 9.72 Å². The van der Waals surface area contributed by atoms with Crippen molar-refractivity contribution in [3.05, 3.63) is 42.0 Å². The Morgan fingerprint density at radius 2 is 1.67 bits per heavy atom. The molecule has 1 saturated heterocycles. The molecule has 0 unspecified atom stereocenters. The molecule has 7 nitrogen and oxygen atoms in total. The fourth-order valence-electron chi connectivity index (χ4n) is 4.24. The molecule has 1 aliphatic carbocycles. The summed E-state index contributed by atoms with van der Waals surface area (Å²) in [6, 6.07) is 8.31. The van der Waals surface area contributed by atoms with Gasteiger partial charge in [-0.3, -0.25) is 4.79 Å². The van der Waals surface area contributed by atoms with E-state index in [0.29, 0.717) is 35.6 Å². The number of alkyl carbamates (subject to hydrolysis) is 1. The normalized spacial score (nSPS) is 17.0. The van der Waals surface area contributed by atoms with Gasteiger partial charge in [0.15, 0.2) is 0 Å². The minimum absolute atomic E-state index is 0.287. The van der Waals surface area contributed by atoms with Crippen molar-refractivity contribution >= 4 is 23.5 Å². The van der Waals surface area contributed by atoms with Crippen LogP contribution in [0.5, 0.6) is 0 Å². The average molecular weight is 505 g/mol. The fraction of sp³-hybridized carbons (Fsp3) is 0.500. The van der Waals surface area contributed by atoms with E-state index < -0.39 is 29.0 Å². The molecular formula is C26H31F3N4O3. The highest BCUT2D eigenvalue weighted by molar-refractivity contribution is 6.04. The molecule has 2 fully saturated rings. The molecule has 1 aromatic carbocycles. The van der Waals surface area contributed by atoms with Crippen LogP contribution in [0.3, 0.4) is 0 Å². The molecule has 1 N–H and O–H groups in total. The lowest BCUT2D eigenvalue weighted by Crippen LogP contribution is -2.51. The number of hydrogen-bond donors (Lipinski definition) is 1. The quantitative estimate of drug-likeness (QED) is 0.591. The molecule has 1 aromatic heterocycles. The Kier molecular flexibility index (Phi) is 6.66. The summed E-state index contributed by atoms with van der Waals surface area (Å²) in [5, 5.41) is 2.73. The van der Waals surface area contributed by atoms with Crippen molar-refractivity contribution in [2.45, 2.75) is 63.8 Å². The van der Waals surface area contributed by atoms with Gasteiger partial charge in [-0.1, -0.05) is 12.1 Å². The Morgan fingerprint density at radius 1 is 1.06 bits per heavy atom. The third-order valence-electron chi connectivity index (χ3n) is 6.33. The van der Waals surface area contributed by atoms with Crippen molar-refractivity contribution < 1.29 is 27.5 Å². The minimum atomic E-state index is -4.43. The maximum absolute atomic E-state index is 13.5. The zero-order chi connectivity index (χ0) is 26.3. The van der Waals surface area contributed by atoms with Gasteiger partial charge < -0.3 is 19.9 Å². The fourth-order valence-corrected chi connectivity index (χ4v) is 4.24. The van der Waals surface area contributed by atoms with Crippen LogP contribution >= 0.6 is 0 Å². The number of ether oxygens (including phenoxy) is 1. The highest BCUT2D eigenvalue weighted by Gasteiger charge is 2.53. The molecule has 10 heteroatoms. The average Bonchev–Trinajstić information content (AvgIpc) is 3.35. The Labute approximate surface area is 208 Å². The number of likely N-dealkylation sites (N-methyl/N-ethyl adjacent to an activating group) is 1. The van der Waals surface area contributed by atoms with E-state index in [0.717, 1.165) is 38.1 Å². The van der Waals surface area contributed by atoms with Gasteiger partial charge in [-0.25, -0.2) is 9.78 Å². The van der Waals surface area contributed by atoms with E-state index in [1.807, 2.05) is 0 Å². The summed E-state index contributed by atoms with van der Waals surface area (Å²) in [7, 11) is 1.62. The van der Waals surface area contributed by atoms with Gasteiger partial charge in [0.2, 0.25) is 0 Å². The number of rotatable bonds is 5. The number of pyridine rings is 1. The number of carbonyl (C=O) groups is 2. The number of carbonyl (C=O) groups excluding carboxylic acids is 2. The Morgan fingerprint density at radius 3 is 2.19 bits per heavy atom. The number of amides is 2. The predicted molar refractivity (Wildman–Crippen MR) is 131 cm³/mol. The van der Waals surface area contributed by atoms with Gasteiger partial charge in [-0.2, -0.15) is 13.2 Å². The van der Waals surface area contributed by atoms with Crippen LogP contribution in [0.4, 0.5) is 29.5 Å². The Bertz CT molecular complexity index is 1130. The molecule has 2 heterocycles. The molecule has 36 heavy (non-hydrogen) atoms. The van der Waals surface area contributed by atoms with Crippen LogP contribution in [0.1, 0.15) is 52.0 Å². The van der Waals surface area contributed by atoms with Crippen molar-refractivity contribution in [2.75, 3.05) is 29.9 Å². The summed E-state index contributed by atoms with van der Waals surface area (Å²) >= 11 is 0. The van der Waals surface area contributed by atoms with E-state index in [9.17, 15) is 22.8 Å². The van der Waals surface area contributed by atoms with E-state index in [2.05, 4.69) is 10.2 Å². The summed E-state index contributed by atoms with van der Waals surface area (Å²) < 4.78 is 44.5. The van der Waals surface area contributed by atoms with E-state index in [1.54, 1.807) is 40.0 Å². The van der Waals surface area contributed by atoms with Crippen LogP contribution in [0.25, 0.3) is 11.3 Å². The SMILES string of the molecule is CN(C(=O)C1(NC(=O)OC(C)(C)C)CC1)c1cc(-c2ccc(C(F)(F)F)cc2)nc(N2CCCC2)c1. The van der Waals surface area contributed by atoms with Crippen LogP contribution in [-0.2, 0) is 15.7 Å². The van der Waals surface area contributed by atoms with Crippen molar-refractivity contribution in [3.63, 3.8) is 0 Å². The van der Waals surface area contributed by atoms with Gasteiger partial charge in [0.25, 0.3) is 5.91 Å². The van der Waals surface area contributed by atoms with Crippen molar-refractivity contribution in [1.82, 2.24) is 10.3 Å². The number of alkyl halides is 3. The summed E-state index contributed by atoms with van der Waals surface area (Å²) in [5.41, 5.74) is -0.946. The number of aromatic nitrogens is 1. The number of nitrogens with zero attached hydrogens (tertiary/aromatic N) is 3. The first-order chi connectivity index (χ1) is 16.8. The summed E-state index contributed by atoms with van der Waals surface area (Å²) in [6.45, 7) is 6.87. The van der Waals surface area contributed by atoms with Gasteiger partial charge in [0.1, 0.15) is 17.0 Å². The van der Waals surface area contributed by atoms with Gasteiger partial charge in [-0.05, 0) is 64.7 Å². The summed E-state index contributed by atoms with van der Waals surface area (Å²) in [6.07, 6.45) is -2.07. The van der Waals surface area contributed by atoms with Crippen LogP contribution in [0.2, 0.25) is 0 Å². The van der Waals surface area contributed by atoms with Crippen LogP contribution in [-0.4, -0.2) is 48.3 Å². The second-order valence-electron chi connectivity index (χ2n) is 10.4. The molecule has 0 radical (unpaired) electrons. The van der Waals surface area contributed by atoms with Gasteiger partial charge in [-0.15, -0.1) is 0 Å². The summed E-state index contributed by atoms with van der Waals surface area (Å²) in [4.78, 5) is 34.1. The van der Waals surface area contributed by atoms with Crippen molar-refractivity contribution in [2.24, 2.45) is 0 Å². The minimum Gasteiger partial charge on any atom is -0.444 e. The molecule has 194 valence electrons. The molecule has 2 amide bonds. The zero-order valence-electron chi connectivity index (χ0n) is 20.9. The lowest BCUT2D eigenvalue weighted by Gasteiger charge is -2.27. The lowest BCUT2D eigenvalue weighted by atomic mass is 10.1. The first kappa shape index (κ1) is 25.8.